The zero-order valence-corrected chi connectivity index (χ0v) is 24.1. The van der Waals surface area contributed by atoms with E-state index in [9.17, 15) is 17.6 Å². The Morgan fingerprint density at radius 1 is 1.05 bits per heavy atom. The lowest BCUT2D eigenvalue weighted by molar-refractivity contribution is -0.136. The number of anilines is 1. The zero-order chi connectivity index (χ0) is 30.2. The molecule has 0 amide bonds. The summed E-state index contributed by atoms with van der Waals surface area (Å²) in [5.74, 6) is 0.192. The Hall–Kier alpha value is -4.22. The van der Waals surface area contributed by atoms with E-state index in [0.717, 1.165) is 45.0 Å². The molecule has 3 N–H and O–H groups in total. The Morgan fingerprint density at radius 3 is 2.32 bits per heavy atom. The third kappa shape index (κ3) is 10.4. The molecule has 4 aromatic rings. The molecular weight excluding hydrogens is 551 g/mol. The second-order valence-electron chi connectivity index (χ2n) is 9.64. The largest absolute Gasteiger partial charge is 0.487 e. The first-order valence-corrected chi connectivity index (χ1v) is 14.6. The Morgan fingerprint density at radius 2 is 1.73 bits per heavy atom. The number of hydrogen-bond donors (Lipinski definition) is 3. The highest BCUT2D eigenvalue weighted by atomic mass is 32.2. The number of carboxylic acids is 1. The third-order valence-electron chi connectivity index (χ3n) is 5.94. The number of carboxylic acid groups (broad SMARTS) is 1. The van der Waals surface area contributed by atoms with Gasteiger partial charge in [0.2, 0.25) is 0 Å². The van der Waals surface area contributed by atoms with E-state index in [2.05, 4.69) is 36.5 Å². The van der Waals surface area contributed by atoms with Crippen LogP contribution in [0.1, 0.15) is 40.1 Å². The molecule has 4 rings (SSSR count). The van der Waals surface area contributed by atoms with Crippen LogP contribution >= 0.6 is 0 Å². The molecule has 0 radical (unpaired) electrons. The van der Waals surface area contributed by atoms with Crippen molar-refractivity contribution in [1.82, 2.24) is 5.16 Å². The Kier molecular flexibility index (Phi) is 10.6. The fourth-order valence-corrected chi connectivity index (χ4v) is 4.25. The predicted molar refractivity (Wildman–Crippen MR) is 154 cm³/mol. The topological polar surface area (TPSA) is 139 Å². The molecule has 1 aromatic heterocycles. The smallest absolute Gasteiger partial charge is 0.303 e. The predicted octanol–water partition coefficient (Wildman–Crippen LogP) is 6.12. The average Bonchev–Trinajstić information content (AvgIpc) is 3.29. The number of nitrogens with one attached hydrogen (secondary N) is 1. The van der Waals surface area contributed by atoms with Crippen molar-refractivity contribution in [3.63, 3.8) is 0 Å². The van der Waals surface area contributed by atoms with Crippen LogP contribution in [0.3, 0.4) is 0 Å². The van der Waals surface area contributed by atoms with E-state index in [1.54, 1.807) is 12.1 Å². The summed E-state index contributed by atoms with van der Waals surface area (Å²) in [7, 11) is -3.67. The van der Waals surface area contributed by atoms with Gasteiger partial charge in [-0.2, -0.15) is 8.42 Å². The van der Waals surface area contributed by atoms with Crippen molar-refractivity contribution < 1.29 is 36.5 Å². The minimum Gasteiger partial charge on any atom is -0.487 e. The minimum absolute atomic E-state index is 0.0935. The summed E-state index contributed by atoms with van der Waals surface area (Å²) in [6.07, 6.45) is 0.794. The molecule has 0 atom stereocenters. The van der Waals surface area contributed by atoms with E-state index in [-0.39, 0.29) is 12.8 Å². The average molecular weight is 585 g/mol. The Bertz CT molecular complexity index is 1590. The van der Waals surface area contributed by atoms with Gasteiger partial charge in [0.15, 0.2) is 0 Å². The fraction of sp³-hybridized carbons (Fsp3) is 0.267. The van der Waals surface area contributed by atoms with E-state index in [0.29, 0.717) is 30.7 Å². The number of aryl methyl sites for hydroxylation is 4. The number of aliphatic carboxylic acids is 1. The SMILES string of the molecule is CS(=O)(=O)O.Cc1cc(COc2cc(C)c(-c3cccc(CNc4ccc(CCC(=O)O)c(F)c4)c3)c(C)c2)no1. The van der Waals surface area contributed by atoms with Crippen LogP contribution in [0.25, 0.3) is 11.1 Å². The highest BCUT2D eigenvalue weighted by Crippen LogP contribution is 2.32. The van der Waals surface area contributed by atoms with Gasteiger partial charge in [-0.1, -0.05) is 29.4 Å². The number of carbonyl (C=O) groups is 1. The van der Waals surface area contributed by atoms with Crippen molar-refractivity contribution in [3.05, 3.63) is 100 Å². The van der Waals surface area contributed by atoms with Gasteiger partial charge >= 0.3 is 5.97 Å². The molecule has 0 aliphatic rings. The summed E-state index contributed by atoms with van der Waals surface area (Å²) in [5.41, 5.74) is 7.31. The molecule has 0 saturated heterocycles. The van der Waals surface area contributed by atoms with Gasteiger partial charge in [-0.05, 0) is 90.9 Å². The summed E-state index contributed by atoms with van der Waals surface area (Å²) < 4.78 is 51.2. The molecule has 0 unspecified atom stereocenters. The third-order valence-corrected chi connectivity index (χ3v) is 5.94. The molecule has 41 heavy (non-hydrogen) atoms. The van der Waals surface area contributed by atoms with Gasteiger partial charge in [0.1, 0.15) is 29.6 Å². The molecule has 0 aliphatic carbocycles. The normalized spacial score (nSPS) is 11.0. The quantitative estimate of drug-likeness (QED) is 0.188. The summed E-state index contributed by atoms with van der Waals surface area (Å²) in [6.45, 7) is 6.85. The molecule has 0 saturated carbocycles. The van der Waals surface area contributed by atoms with E-state index in [1.807, 2.05) is 37.3 Å². The lowest BCUT2D eigenvalue weighted by atomic mass is 9.94. The number of hydrogen-bond acceptors (Lipinski definition) is 7. The second kappa shape index (κ2) is 13.9. The van der Waals surface area contributed by atoms with Crippen LogP contribution in [-0.2, 0) is 34.5 Å². The van der Waals surface area contributed by atoms with Crippen molar-refractivity contribution in [2.24, 2.45) is 0 Å². The molecule has 0 aliphatic heterocycles. The number of rotatable bonds is 10. The van der Waals surface area contributed by atoms with Crippen molar-refractivity contribution in [2.45, 2.75) is 46.8 Å². The number of ether oxygens (including phenoxy) is 1. The molecule has 1 heterocycles. The van der Waals surface area contributed by atoms with Gasteiger partial charge in [-0.3, -0.25) is 9.35 Å². The van der Waals surface area contributed by atoms with Crippen LogP contribution in [0.2, 0.25) is 0 Å². The van der Waals surface area contributed by atoms with Crippen molar-refractivity contribution in [2.75, 3.05) is 11.6 Å². The van der Waals surface area contributed by atoms with Crippen LogP contribution < -0.4 is 10.1 Å². The van der Waals surface area contributed by atoms with Crippen LogP contribution in [0.4, 0.5) is 10.1 Å². The summed E-state index contributed by atoms with van der Waals surface area (Å²) in [6, 6.07) is 19.0. The van der Waals surface area contributed by atoms with E-state index < -0.39 is 21.9 Å². The lowest BCUT2D eigenvalue weighted by Gasteiger charge is -2.15. The number of benzene rings is 3. The van der Waals surface area contributed by atoms with Crippen LogP contribution in [0.5, 0.6) is 5.75 Å². The Labute approximate surface area is 238 Å². The first-order chi connectivity index (χ1) is 19.3. The molecule has 3 aromatic carbocycles. The molecule has 0 spiro atoms. The first-order valence-electron chi connectivity index (χ1n) is 12.7. The number of halogens is 1. The van der Waals surface area contributed by atoms with Gasteiger partial charge in [-0.15, -0.1) is 0 Å². The van der Waals surface area contributed by atoms with Crippen LogP contribution in [0, 0.1) is 26.6 Å². The summed E-state index contributed by atoms with van der Waals surface area (Å²) >= 11 is 0. The van der Waals surface area contributed by atoms with Gasteiger partial charge in [0.25, 0.3) is 10.1 Å². The maximum atomic E-state index is 14.3. The zero-order valence-electron chi connectivity index (χ0n) is 23.3. The van der Waals surface area contributed by atoms with Crippen molar-refractivity contribution in [1.29, 1.82) is 0 Å². The summed E-state index contributed by atoms with van der Waals surface area (Å²) in [4.78, 5) is 10.7. The lowest BCUT2D eigenvalue weighted by Crippen LogP contribution is -2.03. The highest BCUT2D eigenvalue weighted by Gasteiger charge is 2.11. The van der Waals surface area contributed by atoms with Crippen LogP contribution in [0.15, 0.2) is 65.2 Å². The number of nitrogens with zero attached hydrogens (tertiary/aromatic N) is 1. The molecule has 11 heteroatoms. The number of aromatic nitrogens is 1. The van der Waals surface area contributed by atoms with Crippen LogP contribution in [-0.4, -0.2) is 35.5 Å². The van der Waals surface area contributed by atoms with Gasteiger partial charge in [0.05, 0.1) is 6.26 Å². The molecule has 9 nitrogen and oxygen atoms in total. The van der Waals surface area contributed by atoms with E-state index in [1.165, 1.54) is 6.07 Å². The molecule has 218 valence electrons. The maximum absolute atomic E-state index is 14.3. The monoisotopic (exact) mass is 584 g/mol. The highest BCUT2D eigenvalue weighted by molar-refractivity contribution is 7.85. The molecule has 0 bridgehead atoms. The first kappa shape index (κ1) is 31.3. The van der Waals surface area contributed by atoms with Crippen molar-refractivity contribution in [3.8, 4) is 16.9 Å². The molecular formula is C30H33FN2O7S. The van der Waals surface area contributed by atoms with Gasteiger partial charge < -0.3 is 19.7 Å². The minimum atomic E-state index is -3.67. The Balaban J connectivity index is 0.000000850. The maximum Gasteiger partial charge on any atom is 0.303 e. The van der Waals surface area contributed by atoms with E-state index in [4.69, 9.17) is 18.9 Å². The molecule has 0 fully saturated rings. The van der Waals surface area contributed by atoms with Gasteiger partial charge in [-0.25, -0.2) is 4.39 Å². The van der Waals surface area contributed by atoms with Gasteiger partial charge in [0, 0.05) is 24.7 Å². The summed E-state index contributed by atoms with van der Waals surface area (Å²) in [5, 5.41) is 16.0. The standard InChI is InChI=1S/C29H29FN2O4.CH4O3S/c1-18-11-26(35-17-25-13-20(3)36-32-25)12-19(2)29(18)23-6-4-5-21(14-23)16-31-24-9-7-22(27(30)15-24)8-10-28(33)34;1-5(2,3)4/h4-7,9,11-15,31H,8,10,16-17H2,1-3H3,(H,33,34);1H3,(H,2,3,4). The van der Waals surface area contributed by atoms with E-state index >= 15 is 0 Å². The van der Waals surface area contributed by atoms with Crippen molar-refractivity contribution >= 4 is 21.8 Å². The fourth-order valence-electron chi connectivity index (χ4n) is 4.25. The second-order valence-corrected chi connectivity index (χ2v) is 11.1.